The molecule has 1 heterocycles. The number of carbonyl (C=O) groups is 1. The average Bonchev–Trinajstić information content (AvgIpc) is 2.65. The molecule has 0 radical (unpaired) electrons. The van der Waals surface area contributed by atoms with Crippen LogP contribution in [0.1, 0.15) is 32.1 Å². The van der Waals surface area contributed by atoms with Gasteiger partial charge >= 0.3 is 0 Å². The highest BCUT2D eigenvalue weighted by Crippen LogP contribution is 2.29. The molecule has 1 aliphatic rings. The van der Waals surface area contributed by atoms with E-state index in [1.807, 2.05) is 0 Å². The highest BCUT2D eigenvalue weighted by atomic mass is 79.9. The summed E-state index contributed by atoms with van der Waals surface area (Å²) in [4.78, 5) is 16.1. The molecule has 0 unspecified atom stereocenters. The Morgan fingerprint density at radius 3 is 2.75 bits per heavy atom. The Balaban J connectivity index is 2.01. The maximum Gasteiger partial charge on any atom is 0.246 e. The Labute approximate surface area is 107 Å². The van der Waals surface area contributed by atoms with E-state index in [0.29, 0.717) is 5.13 Å². The second-order valence-electron chi connectivity index (χ2n) is 4.14. The molecule has 2 rings (SSSR count). The van der Waals surface area contributed by atoms with Crippen LogP contribution in [-0.2, 0) is 4.79 Å². The summed E-state index contributed by atoms with van der Waals surface area (Å²) in [6.07, 6.45) is 6.45. The maximum absolute atomic E-state index is 12.0. The molecular formula is C10H14BrN3OS. The average molecular weight is 304 g/mol. The molecule has 4 nitrogen and oxygen atoms in total. The quantitative estimate of drug-likeness (QED) is 0.882. The Bertz CT molecular complexity index is 387. The molecule has 1 fully saturated rings. The van der Waals surface area contributed by atoms with Crippen molar-refractivity contribution in [2.24, 2.45) is 5.73 Å². The third-order valence-electron chi connectivity index (χ3n) is 2.90. The summed E-state index contributed by atoms with van der Waals surface area (Å²) in [7, 11) is 0. The SMILES string of the molecule is NC1(C(=O)Nc2ncc(Br)s2)CCCCC1. The van der Waals surface area contributed by atoms with Crippen molar-refractivity contribution in [3.63, 3.8) is 0 Å². The zero-order chi connectivity index (χ0) is 11.6. The number of halogens is 1. The third kappa shape index (κ3) is 2.61. The molecule has 0 bridgehead atoms. The maximum atomic E-state index is 12.0. The smallest absolute Gasteiger partial charge is 0.246 e. The van der Waals surface area contributed by atoms with Crippen LogP contribution >= 0.6 is 27.3 Å². The van der Waals surface area contributed by atoms with Crippen LogP contribution in [0.4, 0.5) is 5.13 Å². The number of thiazole rings is 1. The van der Waals surface area contributed by atoms with Crippen LogP contribution < -0.4 is 11.1 Å². The Morgan fingerprint density at radius 1 is 1.50 bits per heavy atom. The number of hydrogen-bond acceptors (Lipinski definition) is 4. The highest BCUT2D eigenvalue weighted by Gasteiger charge is 2.35. The first-order valence-corrected chi connectivity index (χ1v) is 6.93. The molecule has 1 aromatic rings. The van der Waals surface area contributed by atoms with Gasteiger partial charge in [0, 0.05) is 0 Å². The Kier molecular flexibility index (Phi) is 3.61. The summed E-state index contributed by atoms with van der Waals surface area (Å²) in [5.74, 6) is -0.103. The van der Waals surface area contributed by atoms with Crippen LogP contribution in [0.2, 0.25) is 0 Å². The topological polar surface area (TPSA) is 68.0 Å². The predicted octanol–water partition coefficient (Wildman–Crippen LogP) is 2.51. The second-order valence-corrected chi connectivity index (χ2v) is 6.55. The summed E-state index contributed by atoms with van der Waals surface area (Å²) in [5.41, 5.74) is 5.41. The van der Waals surface area contributed by atoms with E-state index in [-0.39, 0.29) is 5.91 Å². The van der Waals surface area contributed by atoms with Crippen LogP contribution in [-0.4, -0.2) is 16.4 Å². The fourth-order valence-electron chi connectivity index (χ4n) is 1.94. The molecule has 1 aromatic heterocycles. The van der Waals surface area contributed by atoms with E-state index in [1.54, 1.807) is 6.20 Å². The van der Waals surface area contributed by atoms with Crippen molar-refractivity contribution >= 4 is 38.3 Å². The first-order valence-electron chi connectivity index (χ1n) is 5.32. The summed E-state index contributed by atoms with van der Waals surface area (Å²) < 4.78 is 0.900. The number of nitrogens with one attached hydrogen (secondary N) is 1. The highest BCUT2D eigenvalue weighted by molar-refractivity contribution is 9.11. The van der Waals surface area contributed by atoms with E-state index >= 15 is 0 Å². The van der Waals surface area contributed by atoms with Gasteiger partial charge in [-0.05, 0) is 28.8 Å². The van der Waals surface area contributed by atoms with Crippen molar-refractivity contribution < 1.29 is 4.79 Å². The second kappa shape index (κ2) is 4.81. The van der Waals surface area contributed by atoms with Gasteiger partial charge in [-0.25, -0.2) is 4.98 Å². The van der Waals surface area contributed by atoms with Gasteiger partial charge in [-0.3, -0.25) is 4.79 Å². The lowest BCUT2D eigenvalue weighted by molar-refractivity contribution is -0.122. The van der Waals surface area contributed by atoms with Gasteiger partial charge in [0.2, 0.25) is 5.91 Å². The molecule has 0 aliphatic heterocycles. The standard InChI is InChI=1S/C10H14BrN3OS/c11-7-6-13-9(16-7)14-8(15)10(12)4-2-1-3-5-10/h6H,1-5,12H2,(H,13,14,15). The Morgan fingerprint density at radius 2 is 2.19 bits per heavy atom. The van der Waals surface area contributed by atoms with Gasteiger partial charge in [-0.2, -0.15) is 0 Å². The van der Waals surface area contributed by atoms with Crippen molar-refractivity contribution in [2.75, 3.05) is 5.32 Å². The molecule has 3 N–H and O–H groups in total. The molecule has 16 heavy (non-hydrogen) atoms. The summed E-state index contributed by atoms with van der Waals surface area (Å²) >= 11 is 4.70. The van der Waals surface area contributed by atoms with Crippen LogP contribution in [0.25, 0.3) is 0 Å². The van der Waals surface area contributed by atoms with Crippen LogP contribution in [0.15, 0.2) is 9.98 Å². The minimum Gasteiger partial charge on any atom is -0.317 e. The molecule has 6 heteroatoms. The summed E-state index contributed by atoms with van der Waals surface area (Å²) in [5, 5.41) is 3.39. The molecule has 0 aromatic carbocycles. The van der Waals surface area contributed by atoms with E-state index < -0.39 is 5.54 Å². The fourth-order valence-corrected chi connectivity index (χ4v) is 3.05. The number of anilines is 1. The third-order valence-corrected chi connectivity index (χ3v) is 4.29. The van der Waals surface area contributed by atoms with E-state index in [1.165, 1.54) is 17.8 Å². The van der Waals surface area contributed by atoms with E-state index in [2.05, 4.69) is 26.2 Å². The molecule has 88 valence electrons. The van der Waals surface area contributed by atoms with Crippen molar-refractivity contribution in [1.29, 1.82) is 0 Å². The van der Waals surface area contributed by atoms with Gasteiger partial charge in [-0.15, -0.1) is 0 Å². The summed E-state index contributed by atoms with van der Waals surface area (Å²) in [6.45, 7) is 0. The molecule has 1 amide bonds. The van der Waals surface area contributed by atoms with Crippen molar-refractivity contribution in [3.8, 4) is 0 Å². The zero-order valence-corrected chi connectivity index (χ0v) is 11.2. The molecule has 1 saturated carbocycles. The number of nitrogens with two attached hydrogens (primary N) is 1. The van der Waals surface area contributed by atoms with E-state index in [4.69, 9.17) is 5.73 Å². The number of aromatic nitrogens is 1. The minimum atomic E-state index is -0.698. The van der Waals surface area contributed by atoms with Crippen molar-refractivity contribution in [3.05, 3.63) is 9.98 Å². The van der Waals surface area contributed by atoms with Gasteiger partial charge in [-0.1, -0.05) is 30.6 Å². The number of rotatable bonds is 2. The molecule has 0 spiro atoms. The lowest BCUT2D eigenvalue weighted by Gasteiger charge is -2.31. The van der Waals surface area contributed by atoms with Crippen molar-refractivity contribution in [2.45, 2.75) is 37.6 Å². The van der Waals surface area contributed by atoms with Crippen LogP contribution in [0.3, 0.4) is 0 Å². The first-order chi connectivity index (χ1) is 7.60. The van der Waals surface area contributed by atoms with Gasteiger partial charge in [0.05, 0.1) is 15.5 Å². The predicted molar refractivity (Wildman–Crippen MR) is 68.4 cm³/mol. The molecule has 1 aliphatic carbocycles. The zero-order valence-electron chi connectivity index (χ0n) is 8.83. The molecule has 0 saturated heterocycles. The summed E-state index contributed by atoms with van der Waals surface area (Å²) in [6, 6.07) is 0. The van der Waals surface area contributed by atoms with Gasteiger partial charge in [0.25, 0.3) is 0 Å². The number of amides is 1. The first kappa shape index (κ1) is 12.0. The van der Waals surface area contributed by atoms with Gasteiger partial charge < -0.3 is 11.1 Å². The van der Waals surface area contributed by atoms with Gasteiger partial charge in [0.1, 0.15) is 0 Å². The van der Waals surface area contributed by atoms with Gasteiger partial charge in [0.15, 0.2) is 5.13 Å². The Hall–Kier alpha value is -0.460. The van der Waals surface area contributed by atoms with E-state index in [0.717, 1.165) is 29.5 Å². The van der Waals surface area contributed by atoms with Crippen molar-refractivity contribution in [1.82, 2.24) is 4.98 Å². The monoisotopic (exact) mass is 303 g/mol. The number of nitrogens with zero attached hydrogens (tertiary/aromatic N) is 1. The van der Waals surface area contributed by atoms with Crippen LogP contribution in [0, 0.1) is 0 Å². The van der Waals surface area contributed by atoms with E-state index in [9.17, 15) is 4.79 Å². The van der Waals surface area contributed by atoms with Crippen LogP contribution in [0.5, 0.6) is 0 Å². The largest absolute Gasteiger partial charge is 0.317 e. The lowest BCUT2D eigenvalue weighted by atomic mass is 9.82. The normalized spacial score (nSPS) is 19.4. The molecule has 0 atom stereocenters. The number of hydrogen-bond donors (Lipinski definition) is 2. The lowest BCUT2D eigenvalue weighted by Crippen LogP contribution is -2.52. The fraction of sp³-hybridized carbons (Fsp3) is 0.600. The minimum absolute atomic E-state index is 0.103. The number of carbonyl (C=O) groups excluding carboxylic acids is 1. The molecular weight excluding hydrogens is 290 g/mol.